The number of furan rings is 1. The maximum absolute atomic E-state index is 13.6. The molecule has 7 heteroatoms. The van der Waals surface area contributed by atoms with Gasteiger partial charge in [0.2, 0.25) is 0 Å². The SMILES string of the molecule is COc1cccc(Nc2ncccc2C(=O)N2CCOC[C@H](Cc3ccc4ccoc4c3)C2)c1. The Kier molecular flexibility index (Phi) is 6.44. The van der Waals surface area contributed by atoms with Crippen molar-refractivity contribution in [2.24, 2.45) is 5.92 Å². The summed E-state index contributed by atoms with van der Waals surface area (Å²) in [7, 11) is 1.62. The average Bonchev–Trinajstić information content (AvgIpc) is 3.21. The zero-order valence-corrected chi connectivity index (χ0v) is 19.1. The van der Waals surface area contributed by atoms with Crippen molar-refractivity contribution >= 4 is 28.4 Å². The Hall–Kier alpha value is -3.84. The van der Waals surface area contributed by atoms with E-state index in [0.717, 1.165) is 28.8 Å². The van der Waals surface area contributed by atoms with Crippen LogP contribution in [0.1, 0.15) is 15.9 Å². The minimum absolute atomic E-state index is 0.0597. The first-order chi connectivity index (χ1) is 16.7. The monoisotopic (exact) mass is 457 g/mol. The number of methoxy groups -OCH3 is 1. The number of amides is 1. The van der Waals surface area contributed by atoms with Gasteiger partial charge >= 0.3 is 0 Å². The maximum atomic E-state index is 13.6. The van der Waals surface area contributed by atoms with Crippen molar-refractivity contribution in [3.63, 3.8) is 0 Å². The minimum atomic E-state index is -0.0597. The fraction of sp³-hybridized carbons (Fsp3) is 0.259. The highest BCUT2D eigenvalue weighted by Gasteiger charge is 2.26. The summed E-state index contributed by atoms with van der Waals surface area (Å²) in [6.07, 6.45) is 4.19. The predicted molar refractivity (Wildman–Crippen MR) is 131 cm³/mol. The first kappa shape index (κ1) is 22.0. The zero-order valence-electron chi connectivity index (χ0n) is 19.1. The van der Waals surface area contributed by atoms with E-state index in [0.29, 0.717) is 37.7 Å². The van der Waals surface area contributed by atoms with Crippen molar-refractivity contribution in [2.45, 2.75) is 6.42 Å². The van der Waals surface area contributed by atoms with Crippen LogP contribution in [-0.2, 0) is 11.2 Å². The number of carbonyl (C=O) groups excluding carboxylic acids is 1. The predicted octanol–water partition coefficient (Wildman–Crippen LogP) is 4.91. The Morgan fingerprint density at radius 2 is 2.12 bits per heavy atom. The van der Waals surface area contributed by atoms with E-state index in [1.54, 1.807) is 25.6 Å². The van der Waals surface area contributed by atoms with Gasteiger partial charge in [-0.1, -0.05) is 18.2 Å². The third kappa shape index (κ3) is 4.89. The van der Waals surface area contributed by atoms with Gasteiger partial charge in [-0.15, -0.1) is 0 Å². The van der Waals surface area contributed by atoms with Crippen molar-refractivity contribution < 1.29 is 18.7 Å². The van der Waals surface area contributed by atoms with Gasteiger partial charge in [0.05, 0.1) is 32.2 Å². The van der Waals surface area contributed by atoms with Crippen LogP contribution in [-0.4, -0.2) is 49.2 Å². The van der Waals surface area contributed by atoms with Crippen molar-refractivity contribution in [1.29, 1.82) is 0 Å². The second-order valence-corrected chi connectivity index (χ2v) is 8.45. The molecular formula is C27H27N3O4. The Bertz CT molecular complexity index is 1290. The number of rotatable bonds is 6. The molecule has 1 aliphatic heterocycles. The topological polar surface area (TPSA) is 76.8 Å². The van der Waals surface area contributed by atoms with Gasteiger partial charge in [0.25, 0.3) is 5.91 Å². The van der Waals surface area contributed by atoms with E-state index < -0.39 is 0 Å². The minimum Gasteiger partial charge on any atom is -0.497 e. The molecule has 2 aromatic heterocycles. The summed E-state index contributed by atoms with van der Waals surface area (Å²) < 4.78 is 16.7. The molecule has 1 fully saturated rings. The van der Waals surface area contributed by atoms with Crippen molar-refractivity contribution in [2.75, 3.05) is 38.7 Å². The highest BCUT2D eigenvalue weighted by molar-refractivity contribution is 5.99. The summed E-state index contributed by atoms with van der Waals surface area (Å²) in [5, 5.41) is 4.36. The number of hydrogen-bond acceptors (Lipinski definition) is 6. The van der Waals surface area contributed by atoms with E-state index in [4.69, 9.17) is 13.9 Å². The lowest BCUT2D eigenvalue weighted by Gasteiger charge is -2.24. The van der Waals surface area contributed by atoms with Crippen molar-refractivity contribution in [3.05, 3.63) is 84.3 Å². The summed E-state index contributed by atoms with van der Waals surface area (Å²) in [5.74, 6) is 1.38. The number of ether oxygens (including phenoxy) is 2. The number of nitrogens with zero attached hydrogens (tertiary/aromatic N) is 2. The molecule has 2 aromatic carbocycles. The Labute approximate surface area is 198 Å². The number of nitrogens with one attached hydrogen (secondary N) is 1. The largest absolute Gasteiger partial charge is 0.497 e. The van der Waals surface area contributed by atoms with E-state index in [9.17, 15) is 4.79 Å². The van der Waals surface area contributed by atoms with Crippen LogP contribution in [0.2, 0.25) is 0 Å². The van der Waals surface area contributed by atoms with Crippen LogP contribution >= 0.6 is 0 Å². The molecule has 34 heavy (non-hydrogen) atoms. The summed E-state index contributed by atoms with van der Waals surface area (Å²) in [4.78, 5) is 19.9. The highest BCUT2D eigenvalue weighted by Crippen LogP contribution is 2.25. The molecule has 174 valence electrons. The summed E-state index contributed by atoms with van der Waals surface area (Å²) in [5.41, 5.74) is 3.39. The van der Waals surface area contributed by atoms with E-state index in [2.05, 4.69) is 28.5 Å². The molecule has 1 N–H and O–H groups in total. The number of benzene rings is 2. The molecule has 0 unspecified atom stereocenters. The summed E-state index contributed by atoms with van der Waals surface area (Å²) in [6.45, 7) is 2.28. The van der Waals surface area contributed by atoms with Gasteiger partial charge in [0, 0.05) is 42.3 Å². The normalized spacial score (nSPS) is 16.3. The second kappa shape index (κ2) is 9.97. The molecule has 0 aliphatic carbocycles. The molecule has 4 aromatic rings. The molecule has 0 spiro atoms. The summed E-state index contributed by atoms with van der Waals surface area (Å²) >= 11 is 0. The number of pyridine rings is 1. The summed E-state index contributed by atoms with van der Waals surface area (Å²) in [6, 6.07) is 19.4. The van der Waals surface area contributed by atoms with Crippen molar-refractivity contribution in [1.82, 2.24) is 9.88 Å². The van der Waals surface area contributed by atoms with E-state index in [1.807, 2.05) is 41.3 Å². The molecule has 1 aliphatic rings. The molecule has 1 saturated heterocycles. The quantitative estimate of drug-likeness (QED) is 0.443. The maximum Gasteiger partial charge on any atom is 0.257 e. The van der Waals surface area contributed by atoms with Crippen LogP contribution in [0, 0.1) is 5.92 Å². The third-order valence-corrected chi connectivity index (χ3v) is 6.04. The third-order valence-electron chi connectivity index (χ3n) is 6.04. The van der Waals surface area contributed by atoms with Crippen LogP contribution < -0.4 is 10.1 Å². The lowest BCUT2D eigenvalue weighted by atomic mass is 9.98. The molecule has 1 amide bonds. The lowest BCUT2D eigenvalue weighted by molar-refractivity contribution is 0.0738. The van der Waals surface area contributed by atoms with Gasteiger partial charge in [0.15, 0.2) is 0 Å². The first-order valence-corrected chi connectivity index (χ1v) is 11.4. The number of carbonyl (C=O) groups is 1. The molecule has 0 bridgehead atoms. The van der Waals surface area contributed by atoms with Gasteiger partial charge in [-0.25, -0.2) is 4.98 Å². The van der Waals surface area contributed by atoms with E-state index >= 15 is 0 Å². The van der Waals surface area contributed by atoms with Crippen LogP contribution in [0.25, 0.3) is 11.0 Å². The molecule has 5 rings (SSSR count). The van der Waals surface area contributed by atoms with Gasteiger partial charge in [0.1, 0.15) is 17.2 Å². The van der Waals surface area contributed by atoms with E-state index in [1.165, 1.54) is 5.56 Å². The Morgan fingerprint density at radius 3 is 3.03 bits per heavy atom. The number of hydrogen-bond donors (Lipinski definition) is 1. The fourth-order valence-corrected chi connectivity index (χ4v) is 4.33. The van der Waals surface area contributed by atoms with Gasteiger partial charge < -0.3 is 24.1 Å². The zero-order chi connectivity index (χ0) is 23.3. The first-order valence-electron chi connectivity index (χ1n) is 11.4. The second-order valence-electron chi connectivity index (χ2n) is 8.45. The Balaban J connectivity index is 1.33. The molecule has 1 atom stereocenters. The molecule has 7 nitrogen and oxygen atoms in total. The number of aromatic nitrogens is 1. The number of fused-ring (bicyclic) bond motifs is 1. The highest BCUT2D eigenvalue weighted by atomic mass is 16.5. The smallest absolute Gasteiger partial charge is 0.257 e. The van der Waals surface area contributed by atoms with Gasteiger partial charge in [-0.2, -0.15) is 0 Å². The van der Waals surface area contributed by atoms with E-state index in [-0.39, 0.29) is 11.8 Å². The van der Waals surface area contributed by atoms with Crippen LogP contribution in [0.4, 0.5) is 11.5 Å². The fourth-order valence-electron chi connectivity index (χ4n) is 4.33. The van der Waals surface area contributed by atoms with Crippen molar-refractivity contribution in [3.8, 4) is 5.75 Å². The number of anilines is 2. The molecular weight excluding hydrogens is 430 g/mol. The van der Waals surface area contributed by atoms with Crippen LogP contribution in [0.3, 0.4) is 0 Å². The van der Waals surface area contributed by atoms with Crippen LogP contribution in [0.15, 0.2) is 77.5 Å². The van der Waals surface area contributed by atoms with Gasteiger partial charge in [-0.05, 0) is 48.4 Å². The Morgan fingerprint density at radius 1 is 1.18 bits per heavy atom. The average molecular weight is 458 g/mol. The van der Waals surface area contributed by atoms with Gasteiger partial charge in [-0.3, -0.25) is 4.79 Å². The van der Waals surface area contributed by atoms with Crippen LogP contribution in [0.5, 0.6) is 5.75 Å². The molecule has 3 heterocycles. The molecule has 0 saturated carbocycles. The lowest BCUT2D eigenvalue weighted by Crippen LogP contribution is -2.36. The molecule has 0 radical (unpaired) electrons. The standard InChI is InChI=1S/C27H27N3O4/c1-32-23-5-2-4-22(16-23)29-26-24(6-3-10-28-26)27(31)30-11-13-33-18-20(17-30)14-19-7-8-21-9-12-34-25(21)15-19/h2-10,12,15-16,20H,11,13-14,17-18H2,1H3,(H,28,29)/t20-/m1/s1.